The van der Waals surface area contributed by atoms with Crippen molar-refractivity contribution < 1.29 is 0 Å². The molecule has 1 N–H and O–H groups in total. The van der Waals surface area contributed by atoms with Crippen molar-refractivity contribution in [1.29, 1.82) is 0 Å². The monoisotopic (exact) mass is 155 g/mol. The Bertz CT molecular complexity index is 76.9. The van der Waals surface area contributed by atoms with Gasteiger partial charge in [0.25, 0.3) is 0 Å². The van der Waals surface area contributed by atoms with E-state index < -0.39 is 0 Å². The van der Waals surface area contributed by atoms with E-state index >= 15 is 0 Å². The molecule has 1 aliphatic heterocycles. The Balaban J connectivity index is 0.000000461. The summed E-state index contributed by atoms with van der Waals surface area (Å²) in [7, 11) is 0. The number of nitrogens with one attached hydrogen (secondary N) is 1. The second kappa shape index (κ2) is 9.54. The van der Waals surface area contributed by atoms with Gasteiger partial charge in [0.2, 0.25) is 0 Å². The van der Waals surface area contributed by atoms with Crippen LogP contribution in [-0.2, 0) is 0 Å². The van der Waals surface area contributed by atoms with Crippen molar-refractivity contribution in [2.75, 3.05) is 6.54 Å². The lowest BCUT2D eigenvalue weighted by molar-refractivity contribution is 0.642. The maximum absolute atomic E-state index is 3.25. The summed E-state index contributed by atoms with van der Waals surface area (Å²) in [4.78, 5) is 0. The molecule has 0 saturated carbocycles. The molecule has 0 aromatic carbocycles. The largest absolute Gasteiger partial charge is 0.391 e. The lowest BCUT2D eigenvalue weighted by atomic mass is 10.1. The lowest BCUT2D eigenvalue weighted by Gasteiger charge is -1.96. The second-order valence-electron chi connectivity index (χ2n) is 2.56. The smallest absolute Gasteiger partial charge is 0.0141 e. The SMILES string of the molecule is C1=C\NCCCCCC/1.CC. The van der Waals surface area contributed by atoms with E-state index in [9.17, 15) is 0 Å². The van der Waals surface area contributed by atoms with Crippen molar-refractivity contribution in [3.05, 3.63) is 12.3 Å². The average Bonchev–Trinajstić information content (AvgIpc) is 2.22. The molecule has 0 unspecified atom stereocenters. The molecule has 0 spiro atoms. The Hall–Kier alpha value is -0.460. The third-order valence-electron chi connectivity index (χ3n) is 1.68. The quantitative estimate of drug-likeness (QED) is 0.567. The van der Waals surface area contributed by atoms with Gasteiger partial charge in [-0.3, -0.25) is 0 Å². The lowest BCUT2D eigenvalue weighted by Crippen LogP contribution is -2.05. The summed E-state index contributed by atoms with van der Waals surface area (Å²) in [6.45, 7) is 5.16. The average molecular weight is 155 g/mol. The summed E-state index contributed by atoms with van der Waals surface area (Å²) in [6.07, 6.45) is 11.1. The van der Waals surface area contributed by atoms with Crippen LogP contribution in [0.4, 0.5) is 0 Å². The van der Waals surface area contributed by atoms with Crippen LogP contribution in [0.3, 0.4) is 0 Å². The molecule has 0 aromatic heterocycles. The molecule has 0 saturated heterocycles. The van der Waals surface area contributed by atoms with Gasteiger partial charge < -0.3 is 5.32 Å². The van der Waals surface area contributed by atoms with Gasteiger partial charge in [0.1, 0.15) is 0 Å². The first-order valence-electron chi connectivity index (χ1n) is 4.88. The highest BCUT2D eigenvalue weighted by Crippen LogP contribution is 2.04. The molecule has 1 rings (SSSR count). The van der Waals surface area contributed by atoms with Crippen LogP contribution in [-0.4, -0.2) is 6.54 Å². The summed E-state index contributed by atoms with van der Waals surface area (Å²) in [5.41, 5.74) is 0. The van der Waals surface area contributed by atoms with Crippen molar-refractivity contribution in [3.63, 3.8) is 0 Å². The van der Waals surface area contributed by atoms with Crippen molar-refractivity contribution in [1.82, 2.24) is 5.32 Å². The third-order valence-corrected chi connectivity index (χ3v) is 1.68. The summed E-state index contributed by atoms with van der Waals surface area (Å²) >= 11 is 0. The zero-order chi connectivity index (χ0) is 8.36. The second-order valence-corrected chi connectivity index (χ2v) is 2.56. The molecule has 0 aromatic rings. The van der Waals surface area contributed by atoms with E-state index in [0.717, 1.165) is 6.54 Å². The highest BCUT2D eigenvalue weighted by atomic mass is 14.8. The zero-order valence-corrected chi connectivity index (χ0v) is 7.90. The summed E-state index contributed by atoms with van der Waals surface area (Å²) < 4.78 is 0. The molecule has 11 heavy (non-hydrogen) atoms. The van der Waals surface area contributed by atoms with Crippen molar-refractivity contribution in [2.45, 2.75) is 46.0 Å². The fourth-order valence-corrected chi connectivity index (χ4v) is 1.09. The first kappa shape index (κ1) is 10.5. The zero-order valence-electron chi connectivity index (χ0n) is 7.90. The minimum absolute atomic E-state index is 1.16. The van der Waals surface area contributed by atoms with Gasteiger partial charge in [-0.15, -0.1) is 0 Å². The number of allylic oxidation sites excluding steroid dienone is 1. The van der Waals surface area contributed by atoms with Gasteiger partial charge in [0, 0.05) is 6.54 Å². The molecule has 1 heterocycles. The number of rotatable bonds is 0. The van der Waals surface area contributed by atoms with Crippen molar-refractivity contribution in [2.24, 2.45) is 0 Å². The van der Waals surface area contributed by atoms with E-state index in [1.54, 1.807) is 0 Å². The van der Waals surface area contributed by atoms with Gasteiger partial charge in [0.15, 0.2) is 0 Å². The van der Waals surface area contributed by atoms with Crippen LogP contribution in [0, 0.1) is 0 Å². The van der Waals surface area contributed by atoms with Crippen molar-refractivity contribution >= 4 is 0 Å². The van der Waals surface area contributed by atoms with Gasteiger partial charge in [-0.05, 0) is 25.5 Å². The van der Waals surface area contributed by atoms with Crippen LogP contribution >= 0.6 is 0 Å². The van der Waals surface area contributed by atoms with Gasteiger partial charge in [-0.2, -0.15) is 0 Å². The summed E-state index contributed by atoms with van der Waals surface area (Å²) in [5, 5.41) is 3.25. The molecule has 1 heteroatoms. The van der Waals surface area contributed by atoms with Gasteiger partial charge in [0.05, 0.1) is 0 Å². The fraction of sp³-hybridized carbons (Fsp3) is 0.800. The summed E-state index contributed by atoms with van der Waals surface area (Å²) in [5.74, 6) is 0. The van der Waals surface area contributed by atoms with Crippen LogP contribution in [0.15, 0.2) is 12.3 Å². The Morgan fingerprint density at radius 3 is 2.55 bits per heavy atom. The first-order chi connectivity index (χ1) is 5.50. The Morgan fingerprint density at radius 2 is 1.73 bits per heavy atom. The number of hydrogen-bond donors (Lipinski definition) is 1. The standard InChI is InChI=1S/C8H15N.C2H6/c1-2-4-6-8-9-7-5-3-1;1-2/h5,7,9H,1-4,6,8H2;1-2H3/b7-5-;. The molecule has 0 aliphatic carbocycles. The molecule has 1 aliphatic rings. The first-order valence-corrected chi connectivity index (χ1v) is 4.88. The Kier molecular flexibility index (Phi) is 9.14. The molecule has 66 valence electrons. The highest BCUT2D eigenvalue weighted by Gasteiger charge is 1.89. The Labute approximate surface area is 70.9 Å². The molecule has 0 atom stereocenters. The Morgan fingerprint density at radius 1 is 1.00 bits per heavy atom. The van der Waals surface area contributed by atoms with E-state index in [2.05, 4.69) is 17.6 Å². The van der Waals surface area contributed by atoms with E-state index in [4.69, 9.17) is 0 Å². The fourth-order valence-electron chi connectivity index (χ4n) is 1.09. The summed E-state index contributed by atoms with van der Waals surface area (Å²) in [6, 6.07) is 0. The van der Waals surface area contributed by atoms with E-state index in [1.165, 1.54) is 32.1 Å². The van der Waals surface area contributed by atoms with Gasteiger partial charge >= 0.3 is 0 Å². The van der Waals surface area contributed by atoms with Crippen LogP contribution in [0.1, 0.15) is 46.0 Å². The van der Waals surface area contributed by atoms with Gasteiger partial charge in [-0.25, -0.2) is 0 Å². The van der Waals surface area contributed by atoms with E-state index in [0.29, 0.717) is 0 Å². The predicted octanol–water partition coefficient (Wildman–Crippen LogP) is 3.08. The molecule has 1 nitrogen and oxygen atoms in total. The van der Waals surface area contributed by atoms with Crippen LogP contribution < -0.4 is 5.32 Å². The predicted molar refractivity (Wildman–Crippen MR) is 51.6 cm³/mol. The van der Waals surface area contributed by atoms with E-state index in [-0.39, 0.29) is 0 Å². The minimum atomic E-state index is 1.16. The normalized spacial score (nSPS) is 20.9. The minimum Gasteiger partial charge on any atom is -0.391 e. The highest BCUT2D eigenvalue weighted by molar-refractivity contribution is 4.80. The number of hydrogen-bond acceptors (Lipinski definition) is 1. The maximum atomic E-state index is 3.25. The molecule has 0 fully saturated rings. The molecule has 0 radical (unpaired) electrons. The van der Waals surface area contributed by atoms with Crippen LogP contribution in [0.5, 0.6) is 0 Å². The van der Waals surface area contributed by atoms with Crippen LogP contribution in [0.2, 0.25) is 0 Å². The molecular weight excluding hydrogens is 134 g/mol. The van der Waals surface area contributed by atoms with E-state index in [1.807, 2.05) is 13.8 Å². The van der Waals surface area contributed by atoms with Crippen molar-refractivity contribution in [3.8, 4) is 0 Å². The molecule has 0 amide bonds. The topological polar surface area (TPSA) is 12.0 Å². The molecule has 0 bridgehead atoms. The third kappa shape index (κ3) is 7.44. The maximum Gasteiger partial charge on any atom is 0.0141 e. The van der Waals surface area contributed by atoms with Crippen LogP contribution in [0.25, 0.3) is 0 Å². The molecular formula is C10H21N. The van der Waals surface area contributed by atoms with Gasteiger partial charge in [-0.1, -0.05) is 32.8 Å².